The van der Waals surface area contributed by atoms with Crippen molar-refractivity contribution in [3.8, 4) is 0 Å². The number of benzene rings is 1. The summed E-state index contributed by atoms with van der Waals surface area (Å²) in [7, 11) is 0. The minimum atomic E-state index is -0.833. The first kappa shape index (κ1) is 18.4. The molecule has 2 N–H and O–H groups in total. The lowest BCUT2D eigenvalue weighted by molar-refractivity contribution is -0.383. The molecule has 0 fully saturated rings. The normalized spacial score (nSPS) is 11.0. The topological polar surface area (TPSA) is 127 Å². The van der Waals surface area contributed by atoms with Crippen LogP contribution in [-0.2, 0) is 11.3 Å². The van der Waals surface area contributed by atoms with Crippen LogP contribution in [0.4, 0.5) is 11.4 Å². The van der Waals surface area contributed by atoms with Gasteiger partial charge >= 0.3 is 11.1 Å². The molecule has 2 aromatic rings. The second-order valence-electron chi connectivity index (χ2n) is 5.88. The number of nitrogens with one attached hydrogen (secondary N) is 2. The third-order valence-electron chi connectivity index (χ3n) is 4.20. The summed E-state index contributed by atoms with van der Waals surface area (Å²) < 4.78 is 1.32. The van der Waals surface area contributed by atoms with E-state index in [0.29, 0.717) is 12.1 Å². The van der Waals surface area contributed by atoms with Gasteiger partial charge in [-0.3, -0.25) is 24.5 Å². The first-order valence-corrected chi connectivity index (χ1v) is 8.01. The van der Waals surface area contributed by atoms with Gasteiger partial charge in [0.1, 0.15) is 5.69 Å². The third-order valence-corrected chi connectivity index (χ3v) is 4.20. The molecule has 0 unspecified atom stereocenters. The van der Waals surface area contributed by atoms with Crippen LogP contribution >= 0.6 is 0 Å². The summed E-state index contributed by atoms with van der Waals surface area (Å²) in [6.07, 6.45) is 1.64. The van der Waals surface area contributed by atoms with Crippen molar-refractivity contribution in [2.75, 3.05) is 5.32 Å². The van der Waals surface area contributed by atoms with Gasteiger partial charge in [-0.15, -0.1) is 0 Å². The summed E-state index contributed by atoms with van der Waals surface area (Å²) in [4.78, 5) is 48.5. The van der Waals surface area contributed by atoms with Crippen molar-refractivity contribution >= 4 is 28.3 Å². The van der Waals surface area contributed by atoms with Crippen LogP contribution in [0, 0.1) is 16.0 Å². The molecule has 0 aliphatic rings. The van der Waals surface area contributed by atoms with Crippen molar-refractivity contribution in [1.29, 1.82) is 0 Å². The van der Waals surface area contributed by atoms with Gasteiger partial charge in [0.05, 0.1) is 16.0 Å². The summed E-state index contributed by atoms with van der Waals surface area (Å²) in [6, 6.07) is 2.51. The zero-order valence-corrected chi connectivity index (χ0v) is 14.3. The molecule has 0 saturated heterocycles. The van der Waals surface area contributed by atoms with Gasteiger partial charge < -0.3 is 14.9 Å². The quantitative estimate of drug-likeness (QED) is 0.469. The first-order valence-electron chi connectivity index (χ1n) is 8.01. The number of carbonyl (C=O) groups excluding carboxylic acids is 1. The highest BCUT2D eigenvalue weighted by atomic mass is 16.6. The molecule has 0 spiro atoms. The molecule has 1 amide bonds. The lowest BCUT2D eigenvalue weighted by atomic mass is 10.0. The zero-order valence-electron chi connectivity index (χ0n) is 14.3. The number of nitrogens with zero attached hydrogens (tertiary/aromatic N) is 2. The van der Waals surface area contributed by atoms with Crippen molar-refractivity contribution in [3.05, 3.63) is 43.0 Å². The monoisotopic (exact) mass is 348 g/mol. The lowest BCUT2D eigenvalue weighted by Crippen LogP contribution is -2.37. The minimum Gasteiger partial charge on any atom is -0.321 e. The Balaban J connectivity index is 2.80. The summed E-state index contributed by atoms with van der Waals surface area (Å²) in [5.74, 6) is -0.289. The van der Waals surface area contributed by atoms with E-state index in [2.05, 4.69) is 10.3 Å². The van der Waals surface area contributed by atoms with E-state index in [9.17, 15) is 24.5 Å². The van der Waals surface area contributed by atoms with Gasteiger partial charge in [-0.2, -0.15) is 0 Å². The number of hydrogen-bond acceptors (Lipinski definition) is 5. The van der Waals surface area contributed by atoms with Crippen LogP contribution in [0.3, 0.4) is 0 Å². The molecule has 134 valence electrons. The Kier molecular flexibility index (Phi) is 5.35. The molecule has 0 aliphatic heterocycles. The molecule has 9 nitrogen and oxygen atoms in total. The smallest absolute Gasteiger partial charge is 0.316 e. The van der Waals surface area contributed by atoms with E-state index < -0.39 is 21.9 Å². The highest BCUT2D eigenvalue weighted by Crippen LogP contribution is 2.29. The Morgan fingerprint density at radius 1 is 1.32 bits per heavy atom. The molecule has 0 atom stereocenters. The van der Waals surface area contributed by atoms with Crippen LogP contribution in [-0.4, -0.2) is 20.4 Å². The number of hydrogen-bond donors (Lipinski definition) is 2. The van der Waals surface area contributed by atoms with Gasteiger partial charge in [0.25, 0.3) is 5.69 Å². The highest BCUT2D eigenvalue weighted by Gasteiger charge is 2.20. The largest absolute Gasteiger partial charge is 0.321 e. The number of aromatic nitrogens is 2. The molecule has 0 bridgehead atoms. The second-order valence-corrected chi connectivity index (χ2v) is 5.88. The van der Waals surface area contributed by atoms with Crippen molar-refractivity contribution in [1.82, 2.24) is 9.55 Å². The van der Waals surface area contributed by atoms with Crippen molar-refractivity contribution in [2.45, 2.75) is 40.2 Å². The van der Waals surface area contributed by atoms with Crippen molar-refractivity contribution < 1.29 is 9.72 Å². The van der Waals surface area contributed by atoms with Gasteiger partial charge in [0.2, 0.25) is 5.91 Å². The number of anilines is 1. The van der Waals surface area contributed by atoms with Crippen LogP contribution in [0.2, 0.25) is 0 Å². The summed E-state index contributed by atoms with van der Waals surface area (Å²) in [5.41, 5.74) is -1.41. The SMILES string of the molecule is CCC(CC)Cn1c(=O)c(=O)[nH]c2cc([N+](=O)[O-])c(NC(C)=O)cc21. The molecule has 0 radical (unpaired) electrons. The van der Waals surface area contributed by atoms with E-state index in [1.165, 1.54) is 17.6 Å². The predicted octanol–water partition coefficient (Wildman–Crippen LogP) is 1.99. The summed E-state index contributed by atoms with van der Waals surface area (Å²) in [6.45, 7) is 5.53. The maximum atomic E-state index is 12.3. The standard InChI is InChI=1S/C16H20N4O5/c1-4-10(5-2)8-19-13-6-12(17-9(3)21)14(20(24)25)7-11(13)18-15(22)16(19)23/h6-7,10H,4-5,8H2,1-3H3,(H,17,21)(H,18,22). The Morgan fingerprint density at radius 3 is 2.48 bits per heavy atom. The van der Waals surface area contributed by atoms with E-state index >= 15 is 0 Å². The molecule has 9 heteroatoms. The molecule has 1 aromatic heterocycles. The first-order chi connectivity index (χ1) is 11.8. The van der Waals surface area contributed by atoms with Crippen molar-refractivity contribution in [2.24, 2.45) is 5.92 Å². The Morgan fingerprint density at radius 2 is 1.96 bits per heavy atom. The maximum absolute atomic E-state index is 12.3. The number of fused-ring (bicyclic) bond motifs is 1. The fraction of sp³-hybridized carbons (Fsp3) is 0.438. The molecular weight excluding hydrogens is 328 g/mol. The average molecular weight is 348 g/mol. The third kappa shape index (κ3) is 3.76. The minimum absolute atomic E-state index is 0.0188. The lowest BCUT2D eigenvalue weighted by Gasteiger charge is -2.16. The molecule has 2 rings (SSSR count). The van der Waals surface area contributed by atoms with E-state index in [-0.39, 0.29) is 22.8 Å². The Labute approximate surface area is 142 Å². The second kappa shape index (κ2) is 7.29. The van der Waals surface area contributed by atoms with E-state index in [1.807, 2.05) is 13.8 Å². The number of H-pyrrole nitrogens is 1. The van der Waals surface area contributed by atoms with Crippen LogP contribution in [0.25, 0.3) is 11.0 Å². The van der Waals surface area contributed by atoms with Crippen LogP contribution in [0.15, 0.2) is 21.7 Å². The molecule has 0 aliphatic carbocycles. The number of carbonyl (C=O) groups is 1. The predicted molar refractivity (Wildman–Crippen MR) is 93.9 cm³/mol. The zero-order chi connectivity index (χ0) is 18.7. The van der Waals surface area contributed by atoms with E-state index in [4.69, 9.17) is 0 Å². The van der Waals surface area contributed by atoms with Crippen molar-refractivity contribution in [3.63, 3.8) is 0 Å². The van der Waals surface area contributed by atoms with Gasteiger partial charge in [0, 0.05) is 19.5 Å². The molecule has 1 heterocycles. The number of rotatable bonds is 6. The number of amides is 1. The molecule has 0 saturated carbocycles. The van der Waals surface area contributed by atoms with Gasteiger partial charge in [-0.05, 0) is 12.0 Å². The van der Waals surface area contributed by atoms with Crippen LogP contribution < -0.4 is 16.4 Å². The van der Waals surface area contributed by atoms with E-state index in [1.54, 1.807) is 0 Å². The van der Waals surface area contributed by atoms with Gasteiger partial charge in [0.15, 0.2) is 0 Å². The Hall–Kier alpha value is -2.97. The fourth-order valence-electron chi connectivity index (χ4n) is 2.74. The highest BCUT2D eigenvalue weighted by molar-refractivity contribution is 5.95. The average Bonchev–Trinajstić information content (AvgIpc) is 2.55. The summed E-state index contributed by atoms with van der Waals surface area (Å²) >= 11 is 0. The molecule has 25 heavy (non-hydrogen) atoms. The summed E-state index contributed by atoms with van der Waals surface area (Å²) in [5, 5.41) is 13.6. The van der Waals surface area contributed by atoms with Gasteiger partial charge in [-0.1, -0.05) is 26.7 Å². The fourth-order valence-corrected chi connectivity index (χ4v) is 2.74. The number of aromatic amines is 1. The van der Waals surface area contributed by atoms with E-state index in [0.717, 1.165) is 18.9 Å². The van der Waals surface area contributed by atoms with Crippen LogP contribution in [0.5, 0.6) is 0 Å². The van der Waals surface area contributed by atoms with Gasteiger partial charge in [-0.25, -0.2) is 0 Å². The molecular formula is C16H20N4O5. The maximum Gasteiger partial charge on any atom is 0.316 e. The Bertz CT molecular complexity index is 940. The number of nitro groups is 1. The molecule has 1 aromatic carbocycles. The van der Waals surface area contributed by atoms with Crippen LogP contribution in [0.1, 0.15) is 33.6 Å². The number of nitro benzene ring substituents is 1.